The molecule has 4 aromatic rings. The van der Waals surface area contributed by atoms with Gasteiger partial charge in [-0.05, 0) is 46.3 Å². The molecule has 0 saturated heterocycles. The molecule has 4 rings (SSSR count). The molecule has 3 aromatic heterocycles. The van der Waals surface area contributed by atoms with Crippen molar-refractivity contribution in [2.24, 2.45) is 0 Å². The quantitative estimate of drug-likeness (QED) is 0.522. The van der Waals surface area contributed by atoms with Crippen LogP contribution in [0.3, 0.4) is 0 Å². The molecule has 0 atom stereocenters. The van der Waals surface area contributed by atoms with E-state index in [0.29, 0.717) is 11.4 Å². The first-order chi connectivity index (χ1) is 12.7. The lowest BCUT2D eigenvalue weighted by Gasteiger charge is -2.09. The number of carbonyl (C=O) groups is 1. The molecule has 7 nitrogen and oxygen atoms in total. The summed E-state index contributed by atoms with van der Waals surface area (Å²) in [5.41, 5.74) is 3.30. The largest absolute Gasteiger partial charge is 0.494 e. The van der Waals surface area contributed by atoms with Crippen LogP contribution in [0.5, 0.6) is 5.75 Å². The summed E-state index contributed by atoms with van der Waals surface area (Å²) in [4.78, 5) is 16.7. The number of rotatable bonds is 4. The number of ether oxygens (including phenoxy) is 1. The maximum Gasteiger partial charge on any atom is 0.278 e. The van der Waals surface area contributed by atoms with E-state index in [2.05, 4.69) is 36.4 Å². The van der Waals surface area contributed by atoms with Crippen molar-refractivity contribution < 1.29 is 13.9 Å². The number of aromatic amines is 1. The standard InChI is InChI=1S/C18H13BrN4O3/c1-25-15-6-11(19)8-20-17(15)18(24)21-12-2-3-14-13(7-12)16(23-22-14)10-4-5-26-9-10/h2-9H,1H3,(H,21,24)(H,22,23). The van der Waals surface area contributed by atoms with E-state index in [1.54, 1.807) is 30.9 Å². The molecule has 0 bridgehead atoms. The summed E-state index contributed by atoms with van der Waals surface area (Å²) >= 11 is 3.31. The number of nitrogens with zero attached hydrogens (tertiary/aromatic N) is 2. The second-order valence-electron chi connectivity index (χ2n) is 5.50. The second-order valence-corrected chi connectivity index (χ2v) is 6.42. The molecule has 0 aliphatic heterocycles. The first kappa shape index (κ1) is 16.3. The molecule has 0 spiro atoms. The fourth-order valence-corrected chi connectivity index (χ4v) is 2.96. The molecular formula is C18H13BrN4O3. The number of nitrogens with one attached hydrogen (secondary N) is 2. The average Bonchev–Trinajstić information content (AvgIpc) is 3.30. The molecule has 0 aliphatic rings. The van der Waals surface area contributed by atoms with Gasteiger partial charge in [-0.3, -0.25) is 9.89 Å². The Morgan fingerprint density at radius 3 is 2.96 bits per heavy atom. The van der Waals surface area contributed by atoms with Crippen LogP contribution in [0.15, 0.2) is 57.9 Å². The predicted octanol–water partition coefficient (Wildman–Crippen LogP) is 4.24. The first-order valence-electron chi connectivity index (χ1n) is 7.67. The Balaban J connectivity index is 1.67. The van der Waals surface area contributed by atoms with Crippen molar-refractivity contribution >= 4 is 38.4 Å². The van der Waals surface area contributed by atoms with Gasteiger partial charge in [0.25, 0.3) is 5.91 Å². The molecule has 26 heavy (non-hydrogen) atoms. The molecule has 0 radical (unpaired) electrons. The molecule has 2 N–H and O–H groups in total. The van der Waals surface area contributed by atoms with Gasteiger partial charge in [-0.15, -0.1) is 0 Å². The van der Waals surface area contributed by atoms with E-state index >= 15 is 0 Å². The third-order valence-electron chi connectivity index (χ3n) is 3.87. The Kier molecular flexibility index (Phi) is 4.18. The van der Waals surface area contributed by atoms with Gasteiger partial charge in [-0.2, -0.15) is 5.10 Å². The van der Waals surface area contributed by atoms with Crippen molar-refractivity contribution in [1.29, 1.82) is 0 Å². The summed E-state index contributed by atoms with van der Waals surface area (Å²) in [5, 5.41) is 11.0. The van der Waals surface area contributed by atoms with Crippen LogP contribution in [-0.2, 0) is 0 Å². The zero-order valence-electron chi connectivity index (χ0n) is 13.6. The van der Waals surface area contributed by atoms with Crippen LogP contribution in [0.1, 0.15) is 10.5 Å². The molecule has 8 heteroatoms. The summed E-state index contributed by atoms with van der Waals surface area (Å²) in [6, 6.07) is 9.02. The molecule has 130 valence electrons. The van der Waals surface area contributed by atoms with Gasteiger partial charge in [0, 0.05) is 27.3 Å². The van der Waals surface area contributed by atoms with Crippen LogP contribution in [0.4, 0.5) is 5.69 Å². The zero-order chi connectivity index (χ0) is 18.1. The number of amides is 1. The van der Waals surface area contributed by atoms with Crippen LogP contribution >= 0.6 is 15.9 Å². The van der Waals surface area contributed by atoms with Gasteiger partial charge in [-0.1, -0.05) is 0 Å². The molecule has 0 aliphatic carbocycles. The lowest BCUT2D eigenvalue weighted by Crippen LogP contribution is -2.15. The summed E-state index contributed by atoms with van der Waals surface area (Å²) in [5.74, 6) is 0.0300. The highest BCUT2D eigenvalue weighted by Gasteiger charge is 2.16. The lowest BCUT2D eigenvalue weighted by molar-refractivity contribution is 0.101. The van der Waals surface area contributed by atoms with E-state index in [-0.39, 0.29) is 11.6 Å². The SMILES string of the molecule is COc1cc(Br)cnc1C(=O)Nc1ccc2[nH]nc(-c3ccoc3)c2c1. The van der Waals surface area contributed by atoms with Crippen molar-refractivity contribution in [3.05, 3.63) is 59.2 Å². The number of fused-ring (bicyclic) bond motifs is 1. The Morgan fingerprint density at radius 1 is 1.31 bits per heavy atom. The lowest BCUT2D eigenvalue weighted by atomic mass is 10.1. The van der Waals surface area contributed by atoms with Gasteiger partial charge in [0.2, 0.25) is 0 Å². The number of furan rings is 1. The smallest absolute Gasteiger partial charge is 0.278 e. The minimum absolute atomic E-state index is 0.207. The van der Waals surface area contributed by atoms with Crippen LogP contribution < -0.4 is 10.1 Å². The average molecular weight is 413 g/mol. The van der Waals surface area contributed by atoms with Gasteiger partial charge in [0.1, 0.15) is 5.69 Å². The molecule has 3 heterocycles. The summed E-state index contributed by atoms with van der Waals surface area (Å²) in [6.07, 6.45) is 4.76. The maximum absolute atomic E-state index is 12.6. The van der Waals surface area contributed by atoms with Crippen molar-refractivity contribution in [2.45, 2.75) is 0 Å². The van der Waals surface area contributed by atoms with Crippen LogP contribution in [-0.4, -0.2) is 28.2 Å². The zero-order valence-corrected chi connectivity index (χ0v) is 15.2. The fraction of sp³-hybridized carbons (Fsp3) is 0.0556. The van der Waals surface area contributed by atoms with Crippen LogP contribution in [0, 0.1) is 0 Å². The van der Waals surface area contributed by atoms with Crippen molar-refractivity contribution in [3.8, 4) is 17.0 Å². The number of carbonyl (C=O) groups excluding carboxylic acids is 1. The topological polar surface area (TPSA) is 93.0 Å². The van der Waals surface area contributed by atoms with Gasteiger partial charge in [0.15, 0.2) is 11.4 Å². The Labute approximate surface area is 156 Å². The minimum Gasteiger partial charge on any atom is -0.494 e. The number of H-pyrrole nitrogens is 1. The summed E-state index contributed by atoms with van der Waals surface area (Å²) < 4.78 is 11.1. The highest BCUT2D eigenvalue weighted by atomic mass is 79.9. The van der Waals surface area contributed by atoms with Gasteiger partial charge in [0.05, 0.1) is 25.2 Å². The molecular weight excluding hydrogens is 400 g/mol. The number of aromatic nitrogens is 3. The first-order valence-corrected chi connectivity index (χ1v) is 8.46. The normalized spacial score (nSPS) is 10.8. The molecule has 0 unspecified atom stereocenters. The minimum atomic E-state index is -0.359. The number of hydrogen-bond acceptors (Lipinski definition) is 5. The van der Waals surface area contributed by atoms with E-state index in [4.69, 9.17) is 9.15 Å². The number of benzene rings is 1. The summed E-state index contributed by atoms with van der Waals surface area (Å²) in [6.45, 7) is 0. The molecule has 1 amide bonds. The monoisotopic (exact) mass is 412 g/mol. The predicted molar refractivity (Wildman–Crippen MR) is 100 cm³/mol. The Hall–Kier alpha value is -3.13. The number of methoxy groups -OCH3 is 1. The van der Waals surface area contributed by atoms with Crippen LogP contribution in [0.2, 0.25) is 0 Å². The molecule has 0 fully saturated rings. The highest BCUT2D eigenvalue weighted by molar-refractivity contribution is 9.10. The molecule has 0 saturated carbocycles. The van der Waals surface area contributed by atoms with Crippen molar-refractivity contribution in [3.63, 3.8) is 0 Å². The van der Waals surface area contributed by atoms with Gasteiger partial charge >= 0.3 is 0 Å². The molecule has 1 aromatic carbocycles. The summed E-state index contributed by atoms with van der Waals surface area (Å²) in [7, 11) is 1.49. The second kappa shape index (κ2) is 6.64. The Morgan fingerprint density at radius 2 is 2.19 bits per heavy atom. The van der Waals surface area contributed by atoms with Gasteiger partial charge < -0.3 is 14.5 Å². The third-order valence-corrected chi connectivity index (χ3v) is 4.30. The van der Waals surface area contributed by atoms with Crippen LogP contribution in [0.25, 0.3) is 22.2 Å². The fourth-order valence-electron chi connectivity index (χ4n) is 2.65. The highest BCUT2D eigenvalue weighted by Crippen LogP contribution is 2.29. The van der Waals surface area contributed by atoms with E-state index in [1.165, 1.54) is 7.11 Å². The Bertz CT molecular complexity index is 1090. The van der Waals surface area contributed by atoms with E-state index in [1.807, 2.05) is 18.2 Å². The number of halogens is 1. The number of anilines is 1. The maximum atomic E-state index is 12.6. The van der Waals surface area contributed by atoms with Gasteiger partial charge in [-0.25, -0.2) is 4.98 Å². The third kappa shape index (κ3) is 2.95. The van der Waals surface area contributed by atoms with Crippen molar-refractivity contribution in [1.82, 2.24) is 15.2 Å². The van der Waals surface area contributed by atoms with E-state index < -0.39 is 0 Å². The number of hydrogen-bond donors (Lipinski definition) is 2. The van der Waals surface area contributed by atoms with E-state index in [9.17, 15) is 4.79 Å². The number of pyridine rings is 1. The van der Waals surface area contributed by atoms with E-state index in [0.717, 1.165) is 26.6 Å². The van der Waals surface area contributed by atoms with Crippen molar-refractivity contribution in [2.75, 3.05) is 12.4 Å².